The van der Waals surface area contributed by atoms with Crippen LogP contribution in [0.15, 0.2) is 69.9 Å². The first-order chi connectivity index (χ1) is 15.5. The fraction of sp³-hybridized carbons (Fsp3) is 0.0455. The molecule has 0 amide bonds. The van der Waals surface area contributed by atoms with Gasteiger partial charge >= 0.3 is 0 Å². The number of hydrogen-bond acceptors (Lipinski definition) is 8. The molecule has 5 aromatic rings. The highest BCUT2D eigenvalue weighted by molar-refractivity contribution is 7.15. The van der Waals surface area contributed by atoms with Gasteiger partial charge in [0.1, 0.15) is 21.8 Å². The van der Waals surface area contributed by atoms with E-state index in [1.807, 2.05) is 12.1 Å². The van der Waals surface area contributed by atoms with E-state index in [0.717, 1.165) is 11.3 Å². The second-order valence-corrected chi connectivity index (χ2v) is 7.76. The number of nitro benzene ring substituents is 1. The Morgan fingerprint density at radius 1 is 1.12 bits per heavy atom. The van der Waals surface area contributed by atoms with Crippen LogP contribution in [0.1, 0.15) is 5.76 Å². The van der Waals surface area contributed by atoms with Crippen LogP contribution < -0.4 is 14.8 Å². The molecule has 0 bridgehead atoms. The molecule has 0 aliphatic rings. The van der Waals surface area contributed by atoms with E-state index in [1.54, 1.807) is 55.7 Å². The van der Waals surface area contributed by atoms with Crippen LogP contribution in [0.3, 0.4) is 0 Å². The maximum Gasteiger partial charge on any atom is 0.291 e. The number of methoxy groups -OCH3 is 1. The minimum Gasteiger partial charge on any atom is -0.497 e. The zero-order valence-electron chi connectivity index (χ0n) is 16.6. The lowest BCUT2D eigenvalue weighted by Crippen LogP contribution is -2.23. The van der Waals surface area contributed by atoms with Gasteiger partial charge in [0.2, 0.25) is 4.96 Å². The quantitative estimate of drug-likeness (QED) is 0.300. The van der Waals surface area contributed by atoms with Gasteiger partial charge in [-0.2, -0.15) is 9.50 Å². The van der Waals surface area contributed by atoms with Gasteiger partial charge in [-0.05, 0) is 42.5 Å². The number of aromatic nitrogens is 3. The van der Waals surface area contributed by atoms with Crippen LogP contribution in [0.5, 0.6) is 5.75 Å². The molecule has 0 unspecified atom stereocenters. The minimum absolute atomic E-state index is 0.0530. The van der Waals surface area contributed by atoms with E-state index < -0.39 is 4.92 Å². The van der Waals surface area contributed by atoms with Gasteiger partial charge in [-0.3, -0.25) is 14.9 Å². The normalized spacial score (nSPS) is 11.8. The molecule has 0 atom stereocenters. The number of benzene rings is 2. The molecular formula is C22H14N4O5S. The predicted octanol–water partition coefficient (Wildman–Crippen LogP) is 3.54. The average molecular weight is 446 g/mol. The van der Waals surface area contributed by atoms with Gasteiger partial charge in [-0.1, -0.05) is 23.5 Å². The molecule has 5 rings (SSSR count). The zero-order valence-corrected chi connectivity index (χ0v) is 17.4. The predicted molar refractivity (Wildman–Crippen MR) is 119 cm³/mol. The zero-order chi connectivity index (χ0) is 22.2. The third kappa shape index (κ3) is 3.42. The van der Waals surface area contributed by atoms with Crippen LogP contribution in [-0.2, 0) is 0 Å². The van der Waals surface area contributed by atoms with E-state index in [2.05, 4.69) is 10.1 Å². The summed E-state index contributed by atoms with van der Waals surface area (Å²) in [6.45, 7) is 0. The van der Waals surface area contributed by atoms with Gasteiger partial charge in [0, 0.05) is 17.7 Å². The van der Waals surface area contributed by atoms with E-state index in [1.165, 1.54) is 21.9 Å². The standard InChI is InChI=1S/C22H14N4O5S/c1-30-14-8-6-13(7-9-14)20-23-22-25(24-20)21(27)19(32-22)12-15-10-11-18(31-15)16-4-2-3-5-17(16)26(28)29/h2-12H,1H3. The van der Waals surface area contributed by atoms with Crippen molar-refractivity contribution in [2.24, 2.45) is 0 Å². The number of ether oxygens (including phenoxy) is 1. The summed E-state index contributed by atoms with van der Waals surface area (Å²) in [5, 5.41) is 15.6. The van der Waals surface area contributed by atoms with Crippen molar-refractivity contribution in [1.29, 1.82) is 0 Å². The van der Waals surface area contributed by atoms with Gasteiger partial charge in [0.15, 0.2) is 5.82 Å². The van der Waals surface area contributed by atoms with Gasteiger partial charge in [-0.15, -0.1) is 5.10 Å². The molecule has 158 valence electrons. The lowest BCUT2D eigenvalue weighted by Gasteiger charge is -1.99. The second kappa shape index (κ2) is 7.75. The fourth-order valence-electron chi connectivity index (χ4n) is 3.24. The van der Waals surface area contributed by atoms with E-state index in [0.29, 0.717) is 32.4 Å². The molecule has 0 aliphatic carbocycles. The number of nitro groups is 1. The molecule has 0 N–H and O–H groups in total. The first-order valence-electron chi connectivity index (χ1n) is 9.43. The van der Waals surface area contributed by atoms with Crippen LogP contribution in [-0.4, -0.2) is 26.6 Å². The Morgan fingerprint density at radius 2 is 1.91 bits per heavy atom. The highest BCUT2D eigenvalue weighted by Crippen LogP contribution is 2.31. The summed E-state index contributed by atoms with van der Waals surface area (Å²) in [4.78, 5) is 28.5. The Labute approximate surface area is 184 Å². The molecule has 0 radical (unpaired) electrons. The average Bonchev–Trinajstić information content (AvgIpc) is 3.51. The topological polar surface area (TPSA) is 113 Å². The Bertz CT molecular complexity index is 1570. The first kappa shape index (κ1) is 19.6. The SMILES string of the molecule is COc1ccc(-c2nc3sc(=Cc4ccc(-c5ccccc5[N+](=O)[O-])o4)c(=O)n3n2)cc1. The molecule has 2 aromatic carbocycles. The molecule has 0 aliphatic heterocycles. The van der Waals surface area contributed by atoms with Crippen molar-refractivity contribution in [3.63, 3.8) is 0 Å². The number of rotatable bonds is 5. The smallest absolute Gasteiger partial charge is 0.291 e. The number of para-hydroxylation sites is 1. The number of fused-ring (bicyclic) bond motifs is 1. The van der Waals surface area contributed by atoms with Crippen molar-refractivity contribution in [2.75, 3.05) is 7.11 Å². The lowest BCUT2D eigenvalue weighted by atomic mass is 10.1. The van der Waals surface area contributed by atoms with Crippen molar-refractivity contribution >= 4 is 28.1 Å². The molecule has 0 saturated heterocycles. The molecule has 32 heavy (non-hydrogen) atoms. The van der Waals surface area contributed by atoms with Crippen LogP contribution in [0.4, 0.5) is 5.69 Å². The molecular weight excluding hydrogens is 432 g/mol. The Kier molecular flexibility index (Phi) is 4.75. The third-order valence-corrected chi connectivity index (χ3v) is 5.76. The number of furan rings is 1. The number of thiazole rings is 1. The summed E-state index contributed by atoms with van der Waals surface area (Å²) < 4.78 is 12.5. The van der Waals surface area contributed by atoms with Gasteiger partial charge < -0.3 is 9.15 Å². The summed E-state index contributed by atoms with van der Waals surface area (Å²) >= 11 is 1.18. The van der Waals surface area contributed by atoms with Crippen molar-refractivity contribution < 1.29 is 14.1 Å². The molecule has 0 saturated carbocycles. The van der Waals surface area contributed by atoms with Gasteiger partial charge in [-0.25, -0.2) is 0 Å². The Morgan fingerprint density at radius 3 is 2.62 bits per heavy atom. The largest absolute Gasteiger partial charge is 0.497 e. The molecule has 3 heterocycles. The molecule has 10 heteroatoms. The molecule has 9 nitrogen and oxygen atoms in total. The molecule has 3 aromatic heterocycles. The second-order valence-electron chi connectivity index (χ2n) is 6.75. The fourth-order valence-corrected chi connectivity index (χ4v) is 4.13. The van der Waals surface area contributed by atoms with Gasteiger partial charge in [0.25, 0.3) is 11.2 Å². The number of hydrogen-bond donors (Lipinski definition) is 0. The highest BCUT2D eigenvalue weighted by atomic mass is 32.1. The Hall–Kier alpha value is -4.31. The summed E-state index contributed by atoms with van der Waals surface area (Å²) in [6, 6.07) is 16.9. The highest BCUT2D eigenvalue weighted by Gasteiger charge is 2.17. The number of nitrogens with zero attached hydrogens (tertiary/aromatic N) is 4. The molecule has 0 spiro atoms. The minimum atomic E-state index is -0.461. The van der Waals surface area contributed by atoms with E-state index >= 15 is 0 Å². The van der Waals surface area contributed by atoms with Crippen molar-refractivity contribution in [3.8, 4) is 28.5 Å². The lowest BCUT2D eigenvalue weighted by molar-refractivity contribution is -0.384. The van der Waals surface area contributed by atoms with Crippen molar-refractivity contribution in [3.05, 3.63) is 91.4 Å². The van der Waals surface area contributed by atoms with Crippen molar-refractivity contribution in [1.82, 2.24) is 14.6 Å². The van der Waals surface area contributed by atoms with Crippen LogP contribution in [0.25, 0.3) is 33.7 Å². The summed E-state index contributed by atoms with van der Waals surface area (Å²) in [5.41, 5.74) is 0.765. The summed E-state index contributed by atoms with van der Waals surface area (Å²) in [7, 11) is 1.59. The third-order valence-electron chi connectivity index (χ3n) is 4.80. The first-order valence-corrected chi connectivity index (χ1v) is 10.2. The van der Waals surface area contributed by atoms with Gasteiger partial charge in [0.05, 0.1) is 17.6 Å². The van der Waals surface area contributed by atoms with E-state index in [4.69, 9.17) is 9.15 Å². The maximum atomic E-state index is 12.8. The van der Waals surface area contributed by atoms with Crippen LogP contribution in [0.2, 0.25) is 0 Å². The molecule has 0 fully saturated rings. The monoisotopic (exact) mass is 446 g/mol. The van der Waals surface area contributed by atoms with E-state index in [9.17, 15) is 14.9 Å². The summed E-state index contributed by atoms with van der Waals surface area (Å²) in [5.74, 6) is 1.90. The van der Waals surface area contributed by atoms with Crippen LogP contribution >= 0.6 is 11.3 Å². The summed E-state index contributed by atoms with van der Waals surface area (Å²) in [6.07, 6.45) is 1.58. The van der Waals surface area contributed by atoms with Crippen LogP contribution in [0, 0.1) is 10.1 Å². The van der Waals surface area contributed by atoms with Crippen molar-refractivity contribution in [2.45, 2.75) is 0 Å². The van der Waals surface area contributed by atoms with E-state index in [-0.39, 0.29) is 11.2 Å². The Balaban J connectivity index is 1.50. The maximum absolute atomic E-state index is 12.8.